The number of ether oxygens (including phenoxy) is 1. The van der Waals surface area contributed by atoms with Crippen LogP contribution in [0.1, 0.15) is 65.2 Å². The van der Waals surface area contributed by atoms with Crippen molar-refractivity contribution in [1.29, 1.82) is 0 Å². The second-order valence-corrected chi connectivity index (χ2v) is 9.17. The van der Waals surface area contributed by atoms with Gasteiger partial charge in [0.2, 0.25) is 0 Å². The van der Waals surface area contributed by atoms with Crippen molar-refractivity contribution < 1.29 is 24.5 Å². The third-order valence-electron chi connectivity index (χ3n) is 6.82. The minimum atomic E-state index is -0.717. The maximum Gasteiger partial charge on any atom is 0.308 e. The predicted octanol–water partition coefficient (Wildman–Crippen LogP) is 4.11. The van der Waals surface area contributed by atoms with Gasteiger partial charge >= 0.3 is 11.9 Å². The van der Waals surface area contributed by atoms with E-state index in [0.717, 1.165) is 32.1 Å². The van der Waals surface area contributed by atoms with Crippen LogP contribution in [0.15, 0.2) is 23.8 Å². The number of carbonyl (C=O) groups is 2. The molecule has 7 unspecified atom stereocenters. The Balaban J connectivity index is 1.68. The molecule has 0 saturated carbocycles. The van der Waals surface area contributed by atoms with E-state index in [0.29, 0.717) is 30.1 Å². The van der Waals surface area contributed by atoms with Crippen LogP contribution in [-0.2, 0) is 14.3 Å². The molecule has 0 aromatic rings. The fraction of sp³-hybridized carbons (Fsp3) is 0.739. The van der Waals surface area contributed by atoms with E-state index in [2.05, 4.69) is 25.2 Å². The number of hydrogen-bond donors (Lipinski definition) is 2. The average molecular weight is 391 g/mol. The number of carboxylic acids is 1. The van der Waals surface area contributed by atoms with Crippen molar-refractivity contribution in [1.82, 2.24) is 0 Å². The van der Waals surface area contributed by atoms with Crippen LogP contribution in [0.4, 0.5) is 0 Å². The first-order chi connectivity index (χ1) is 13.3. The summed E-state index contributed by atoms with van der Waals surface area (Å²) in [6.07, 6.45) is 11.9. The minimum absolute atomic E-state index is 0.109. The molecular formula is C23H34O5. The molecule has 1 saturated heterocycles. The Morgan fingerprint density at radius 1 is 1.36 bits per heavy atom. The highest BCUT2D eigenvalue weighted by Crippen LogP contribution is 2.47. The van der Waals surface area contributed by atoms with Gasteiger partial charge in [-0.2, -0.15) is 0 Å². The number of aliphatic hydroxyl groups is 1. The molecule has 1 aliphatic heterocycles. The van der Waals surface area contributed by atoms with E-state index in [1.165, 1.54) is 5.57 Å². The van der Waals surface area contributed by atoms with Gasteiger partial charge in [-0.25, -0.2) is 0 Å². The molecule has 0 aromatic carbocycles. The van der Waals surface area contributed by atoms with Crippen LogP contribution >= 0.6 is 0 Å². The number of esters is 1. The number of fused-ring (bicyclic) bond motifs is 1. The van der Waals surface area contributed by atoms with Crippen LogP contribution in [0.3, 0.4) is 0 Å². The number of rotatable bonds is 7. The van der Waals surface area contributed by atoms with Gasteiger partial charge in [0.1, 0.15) is 6.10 Å². The Kier molecular flexibility index (Phi) is 6.97. The van der Waals surface area contributed by atoms with Crippen LogP contribution in [0.5, 0.6) is 0 Å². The summed E-state index contributed by atoms with van der Waals surface area (Å²) in [5, 5.41) is 19.0. The lowest BCUT2D eigenvalue weighted by Gasteiger charge is -2.43. The number of aliphatic hydroxyl groups excluding tert-OH is 1. The molecule has 5 nitrogen and oxygen atoms in total. The first kappa shape index (κ1) is 21.1. The highest BCUT2D eigenvalue weighted by Gasteiger charge is 2.39. The van der Waals surface area contributed by atoms with Crippen molar-refractivity contribution >= 4 is 11.9 Å². The molecule has 3 aliphatic rings. The van der Waals surface area contributed by atoms with Crippen LogP contribution < -0.4 is 0 Å². The van der Waals surface area contributed by atoms with Crippen molar-refractivity contribution in [2.75, 3.05) is 0 Å². The quantitative estimate of drug-likeness (QED) is 0.639. The van der Waals surface area contributed by atoms with Gasteiger partial charge in [0.15, 0.2) is 0 Å². The summed E-state index contributed by atoms with van der Waals surface area (Å²) in [6, 6.07) is 0. The first-order valence-corrected chi connectivity index (χ1v) is 10.8. The number of aliphatic carboxylic acids is 1. The van der Waals surface area contributed by atoms with Crippen LogP contribution in [0.25, 0.3) is 0 Å². The average Bonchev–Trinajstić information content (AvgIpc) is 2.59. The van der Waals surface area contributed by atoms with Gasteiger partial charge in [-0.3, -0.25) is 9.59 Å². The SMILES string of the molecule is CC(CC(=O)O)CC1CCC=C2C=CC(C)C(CCC3CC(O)CC(=O)O3)C21. The maximum atomic E-state index is 11.6. The normalized spacial score (nSPS) is 36.2. The lowest BCUT2D eigenvalue weighted by molar-refractivity contribution is -0.160. The van der Waals surface area contributed by atoms with Crippen molar-refractivity contribution in [2.45, 2.75) is 77.4 Å². The van der Waals surface area contributed by atoms with Gasteiger partial charge in [-0.15, -0.1) is 0 Å². The zero-order chi connectivity index (χ0) is 20.3. The number of carboxylic acid groups (broad SMARTS) is 1. The molecule has 1 fully saturated rings. The van der Waals surface area contributed by atoms with Crippen molar-refractivity contribution in [3.8, 4) is 0 Å². The van der Waals surface area contributed by atoms with E-state index in [-0.39, 0.29) is 30.8 Å². The number of hydrogen-bond acceptors (Lipinski definition) is 4. The zero-order valence-electron chi connectivity index (χ0n) is 17.0. The number of allylic oxidation sites excluding steroid dienone is 4. The summed E-state index contributed by atoms with van der Waals surface area (Å²) in [7, 11) is 0. The molecule has 7 atom stereocenters. The molecule has 28 heavy (non-hydrogen) atoms. The Bertz CT molecular complexity index is 637. The van der Waals surface area contributed by atoms with E-state index >= 15 is 0 Å². The predicted molar refractivity (Wildman–Crippen MR) is 106 cm³/mol. The molecule has 0 aromatic heterocycles. The first-order valence-electron chi connectivity index (χ1n) is 10.8. The van der Waals surface area contributed by atoms with Crippen molar-refractivity contribution in [3.05, 3.63) is 23.8 Å². The molecule has 5 heteroatoms. The standard InChI is InChI=1S/C23H34O5/c1-14(11-21(25)26)10-17-5-3-4-16-7-6-15(2)20(23(16)17)9-8-19-12-18(24)13-22(27)28-19/h4,6-7,14-15,17-20,23-24H,3,5,8-13H2,1-2H3,(H,25,26). The van der Waals surface area contributed by atoms with E-state index < -0.39 is 12.1 Å². The number of carbonyl (C=O) groups excluding carboxylic acids is 1. The largest absolute Gasteiger partial charge is 0.481 e. The maximum absolute atomic E-state index is 11.6. The Labute approximate surface area is 167 Å². The Morgan fingerprint density at radius 2 is 2.14 bits per heavy atom. The second-order valence-electron chi connectivity index (χ2n) is 9.17. The molecular weight excluding hydrogens is 356 g/mol. The van der Waals surface area contributed by atoms with Gasteiger partial charge < -0.3 is 14.9 Å². The molecule has 1 heterocycles. The smallest absolute Gasteiger partial charge is 0.308 e. The van der Waals surface area contributed by atoms with Gasteiger partial charge in [-0.1, -0.05) is 32.1 Å². The summed E-state index contributed by atoms with van der Waals surface area (Å²) in [5.41, 5.74) is 1.41. The van der Waals surface area contributed by atoms with Gasteiger partial charge in [0.05, 0.1) is 12.5 Å². The fourth-order valence-electron chi connectivity index (χ4n) is 5.58. The third-order valence-corrected chi connectivity index (χ3v) is 6.82. The van der Waals surface area contributed by atoms with Crippen LogP contribution in [-0.4, -0.2) is 34.4 Å². The molecule has 0 radical (unpaired) electrons. The van der Waals surface area contributed by atoms with Gasteiger partial charge in [0.25, 0.3) is 0 Å². The Hall–Kier alpha value is -1.62. The monoisotopic (exact) mass is 390 g/mol. The number of cyclic esters (lactones) is 1. The topological polar surface area (TPSA) is 83.8 Å². The van der Waals surface area contributed by atoms with Crippen molar-refractivity contribution in [3.63, 3.8) is 0 Å². The highest BCUT2D eigenvalue weighted by molar-refractivity contribution is 5.70. The summed E-state index contributed by atoms with van der Waals surface area (Å²) < 4.78 is 5.46. The van der Waals surface area contributed by atoms with E-state index in [1.54, 1.807) is 0 Å². The van der Waals surface area contributed by atoms with E-state index in [4.69, 9.17) is 9.84 Å². The van der Waals surface area contributed by atoms with Crippen molar-refractivity contribution in [2.24, 2.45) is 29.6 Å². The van der Waals surface area contributed by atoms with Gasteiger partial charge in [0, 0.05) is 12.8 Å². The van der Waals surface area contributed by atoms with E-state index in [1.807, 2.05) is 6.92 Å². The van der Waals surface area contributed by atoms with Crippen LogP contribution in [0, 0.1) is 29.6 Å². The molecule has 156 valence electrons. The summed E-state index contributed by atoms with van der Waals surface area (Å²) in [6.45, 7) is 4.30. The summed E-state index contributed by atoms with van der Waals surface area (Å²) in [4.78, 5) is 22.7. The third kappa shape index (κ3) is 5.25. The fourth-order valence-corrected chi connectivity index (χ4v) is 5.58. The van der Waals surface area contributed by atoms with Gasteiger partial charge in [-0.05, 0) is 67.3 Å². The second kappa shape index (κ2) is 9.25. The molecule has 0 bridgehead atoms. The molecule has 0 spiro atoms. The van der Waals surface area contributed by atoms with E-state index in [9.17, 15) is 14.7 Å². The minimum Gasteiger partial charge on any atom is -0.481 e. The summed E-state index contributed by atoms with van der Waals surface area (Å²) in [5.74, 6) is 1.04. The lowest BCUT2D eigenvalue weighted by atomic mass is 9.62. The molecule has 2 aliphatic carbocycles. The molecule has 3 rings (SSSR count). The summed E-state index contributed by atoms with van der Waals surface area (Å²) >= 11 is 0. The molecule has 0 amide bonds. The Morgan fingerprint density at radius 3 is 2.86 bits per heavy atom. The van der Waals surface area contributed by atoms with Crippen LogP contribution in [0.2, 0.25) is 0 Å². The molecule has 2 N–H and O–H groups in total. The zero-order valence-corrected chi connectivity index (χ0v) is 17.0. The highest BCUT2D eigenvalue weighted by atomic mass is 16.5. The lowest BCUT2D eigenvalue weighted by Crippen LogP contribution is -2.36.